The van der Waals surface area contributed by atoms with Crippen molar-refractivity contribution in [2.24, 2.45) is 5.14 Å². The molecule has 1 aliphatic heterocycles. The standard InChI is InChI=1S/C17H26N4O4S/c1-16(2)9-12(10-17(3,4)21-16)20-15(23)14(22)19-11-5-7-13(8-6-11)26(18,24)25/h5-8,12,21H,9-10H2,1-4H3,(H,19,22)(H,20,23)(H2,18,24,25). The van der Waals surface area contributed by atoms with Gasteiger partial charge in [-0.1, -0.05) is 0 Å². The van der Waals surface area contributed by atoms with Crippen molar-refractivity contribution in [2.75, 3.05) is 5.32 Å². The highest BCUT2D eigenvalue weighted by molar-refractivity contribution is 7.89. The van der Waals surface area contributed by atoms with Crippen molar-refractivity contribution in [3.63, 3.8) is 0 Å². The molecule has 2 amide bonds. The Bertz CT molecular complexity index is 785. The van der Waals surface area contributed by atoms with Gasteiger partial charge in [-0.3, -0.25) is 9.59 Å². The van der Waals surface area contributed by atoms with Crippen LogP contribution >= 0.6 is 0 Å². The van der Waals surface area contributed by atoms with Crippen LogP contribution in [-0.2, 0) is 19.6 Å². The predicted octanol–water partition coefficient (Wildman–Crippen LogP) is 0.698. The molecule has 2 rings (SSSR count). The minimum atomic E-state index is -3.80. The van der Waals surface area contributed by atoms with Gasteiger partial charge in [-0.05, 0) is 64.8 Å². The Kier molecular flexibility index (Phi) is 5.46. The Morgan fingerprint density at radius 1 is 1.04 bits per heavy atom. The maximum Gasteiger partial charge on any atom is 0.313 e. The summed E-state index contributed by atoms with van der Waals surface area (Å²) in [4.78, 5) is 24.2. The number of benzene rings is 1. The topological polar surface area (TPSA) is 130 Å². The van der Waals surface area contributed by atoms with Gasteiger partial charge in [-0.15, -0.1) is 0 Å². The van der Waals surface area contributed by atoms with E-state index < -0.39 is 21.8 Å². The highest BCUT2D eigenvalue weighted by atomic mass is 32.2. The zero-order chi connectivity index (χ0) is 19.8. The molecule has 1 aromatic carbocycles. The van der Waals surface area contributed by atoms with Gasteiger partial charge in [0.2, 0.25) is 10.0 Å². The molecule has 26 heavy (non-hydrogen) atoms. The molecule has 0 unspecified atom stereocenters. The lowest BCUT2D eigenvalue weighted by Gasteiger charge is -2.46. The summed E-state index contributed by atoms with van der Waals surface area (Å²) in [6.45, 7) is 8.22. The van der Waals surface area contributed by atoms with Crippen LogP contribution in [0.2, 0.25) is 0 Å². The fourth-order valence-corrected chi connectivity index (χ4v) is 4.11. The van der Waals surface area contributed by atoms with Crippen LogP contribution in [0.1, 0.15) is 40.5 Å². The molecule has 0 saturated carbocycles. The molecule has 1 saturated heterocycles. The highest BCUT2D eigenvalue weighted by Gasteiger charge is 2.38. The van der Waals surface area contributed by atoms with Crippen molar-refractivity contribution in [3.05, 3.63) is 24.3 Å². The Morgan fingerprint density at radius 2 is 1.54 bits per heavy atom. The summed E-state index contributed by atoms with van der Waals surface area (Å²) in [6.07, 6.45) is 1.41. The van der Waals surface area contributed by atoms with Gasteiger partial charge in [0, 0.05) is 22.8 Å². The van der Waals surface area contributed by atoms with Crippen LogP contribution < -0.4 is 21.1 Å². The molecule has 0 bridgehead atoms. The number of hydrogen-bond acceptors (Lipinski definition) is 5. The summed E-state index contributed by atoms with van der Waals surface area (Å²) >= 11 is 0. The molecule has 0 radical (unpaired) electrons. The second-order valence-corrected chi connectivity index (χ2v) is 9.56. The van der Waals surface area contributed by atoms with Crippen molar-refractivity contribution in [1.82, 2.24) is 10.6 Å². The van der Waals surface area contributed by atoms with Crippen LogP contribution in [0.25, 0.3) is 0 Å². The van der Waals surface area contributed by atoms with Gasteiger partial charge in [0.05, 0.1) is 4.90 Å². The molecule has 1 heterocycles. The Morgan fingerprint density at radius 3 is 2.00 bits per heavy atom. The Hall–Kier alpha value is -1.97. The quantitative estimate of drug-likeness (QED) is 0.572. The number of carbonyl (C=O) groups is 2. The third-order valence-corrected chi connectivity index (χ3v) is 5.10. The first-order valence-corrected chi connectivity index (χ1v) is 9.86. The van der Waals surface area contributed by atoms with Crippen LogP contribution in [0.4, 0.5) is 5.69 Å². The zero-order valence-electron chi connectivity index (χ0n) is 15.4. The average Bonchev–Trinajstić information content (AvgIpc) is 2.43. The summed E-state index contributed by atoms with van der Waals surface area (Å²) < 4.78 is 22.4. The molecule has 1 fully saturated rings. The number of sulfonamides is 1. The molecule has 9 heteroatoms. The largest absolute Gasteiger partial charge is 0.345 e. The van der Waals surface area contributed by atoms with Crippen LogP contribution in [0.5, 0.6) is 0 Å². The zero-order valence-corrected chi connectivity index (χ0v) is 16.2. The molecular formula is C17H26N4O4S. The molecule has 8 nitrogen and oxygen atoms in total. The summed E-state index contributed by atoms with van der Waals surface area (Å²) in [5.41, 5.74) is 0.00270. The lowest BCUT2D eigenvalue weighted by molar-refractivity contribution is -0.137. The summed E-state index contributed by atoms with van der Waals surface area (Å²) in [5.74, 6) is -1.53. The first-order chi connectivity index (χ1) is 11.8. The second kappa shape index (κ2) is 6.98. The first-order valence-electron chi connectivity index (χ1n) is 8.32. The maximum atomic E-state index is 12.2. The van der Waals surface area contributed by atoms with E-state index in [0.29, 0.717) is 18.5 Å². The monoisotopic (exact) mass is 382 g/mol. The van der Waals surface area contributed by atoms with Crippen molar-refractivity contribution in [1.29, 1.82) is 0 Å². The molecule has 5 N–H and O–H groups in total. The molecule has 0 atom stereocenters. The summed E-state index contributed by atoms with van der Waals surface area (Å²) in [5, 5.41) is 13.8. The molecule has 1 aromatic rings. The van der Waals surface area contributed by atoms with Gasteiger partial charge in [0.25, 0.3) is 0 Å². The Labute approximate surface area is 154 Å². The number of piperidine rings is 1. The number of carbonyl (C=O) groups excluding carboxylic acids is 2. The van der Waals surface area contributed by atoms with E-state index in [4.69, 9.17) is 5.14 Å². The van der Waals surface area contributed by atoms with Gasteiger partial charge in [-0.2, -0.15) is 0 Å². The number of primary sulfonamides is 1. The van der Waals surface area contributed by atoms with E-state index in [9.17, 15) is 18.0 Å². The third kappa shape index (κ3) is 5.52. The molecule has 144 valence electrons. The van der Waals surface area contributed by atoms with Crippen LogP contribution in [-0.4, -0.2) is 37.4 Å². The van der Waals surface area contributed by atoms with Crippen molar-refractivity contribution in [2.45, 2.75) is 62.6 Å². The van der Waals surface area contributed by atoms with Gasteiger partial charge in [0.1, 0.15) is 0 Å². The minimum absolute atomic E-state index is 0.0703. The van der Waals surface area contributed by atoms with Crippen molar-refractivity contribution >= 4 is 27.5 Å². The summed E-state index contributed by atoms with van der Waals surface area (Å²) in [7, 11) is -3.80. The van der Waals surface area contributed by atoms with Crippen LogP contribution in [0.15, 0.2) is 29.2 Å². The van der Waals surface area contributed by atoms with E-state index in [1.165, 1.54) is 24.3 Å². The lowest BCUT2D eigenvalue weighted by atomic mass is 9.79. The third-order valence-electron chi connectivity index (χ3n) is 4.17. The first kappa shape index (κ1) is 20.3. The van der Waals surface area contributed by atoms with Crippen LogP contribution in [0, 0.1) is 0 Å². The van der Waals surface area contributed by atoms with Crippen molar-refractivity contribution < 1.29 is 18.0 Å². The number of hydrogen-bond donors (Lipinski definition) is 4. The molecule has 1 aliphatic rings. The summed E-state index contributed by atoms with van der Waals surface area (Å²) in [6, 6.07) is 5.16. The number of nitrogens with two attached hydrogens (primary N) is 1. The molecule has 0 spiro atoms. The fourth-order valence-electron chi connectivity index (χ4n) is 3.59. The normalized spacial score (nSPS) is 19.6. The van der Waals surface area contributed by atoms with Gasteiger partial charge in [0.15, 0.2) is 0 Å². The number of nitrogens with one attached hydrogen (secondary N) is 3. The average molecular weight is 382 g/mol. The fraction of sp³-hybridized carbons (Fsp3) is 0.529. The number of amides is 2. The second-order valence-electron chi connectivity index (χ2n) is 7.99. The maximum absolute atomic E-state index is 12.2. The van der Waals surface area contributed by atoms with E-state index in [1.807, 2.05) is 0 Å². The number of anilines is 1. The Balaban J connectivity index is 1.98. The van der Waals surface area contributed by atoms with E-state index in [1.54, 1.807) is 0 Å². The minimum Gasteiger partial charge on any atom is -0.345 e. The van der Waals surface area contributed by atoms with E-state index >= 15 is 0 Å². The smallest absolute Gasteiger partial charge is 0.313 e. The van der Waals surface area contributed by atoms with E-state index in [2.05, 4.69) is 43.6 Å². The van der Waals surface area contributed by atoms with Gasteiger partial charge >= 0.3 is 11.8 Å². The predicted molar refractivity (Wildman–Crippen MR) is 98.9 cm³/mol. The molecular weight excluding hydrogens is 356 g/mol. The molecule has 0 aromatic heterocycles. The van der Waals surface area contributed by atoms with Gasteiger partial charge in [-0.25, -0.2) is 13.6 Å². The SMILES string of the molecule is CC1(C)CC(NC(=O)C(=O)Nc2ccc(S(N)(=O)=O)cc2)CC(C)(C)N1. The van der Waals surface area contributed by atoms with E-state index in [0.717, 1.165) is 0 Å². The van der Waals surface area contributed by atoms with E-state index in [-0.39, 0.29) is 22.0 Å². The number of rotatable bonds is 3. The van der Waals surface area contributed by atoms with Crippen molar-refractivity contribution in [3.8, 4) is 0 Å². The van der Waals surface area contributed by atoms with Crippen LogP contribution in [0.3, 0.4) is 0 Å². The van der Waals surface area contributed by atoms with Gasteiger partial charge < -0.3 is 16.0 Å². The lowest BCUT2D eigenvalue weighted by Crippen LogP contribution is -2.62. The highest BCUT2D eigenvalue weighted by Crippen LogP contribution is 2.28. The molecule has 0 aliphatic carbocycles.